The van der Waals surface area contributed by atoms with Crippen LogP contribution in [0.4, 0.5) is 11.4 Å². The van der Waals surface area contributed by atoms with Gasteiger partial charge in [-0.15, -0.1) is 0 Å². The number of halogens is 3. The van der Waals surface area contributed by atoms with Crippen molar-refractivity contribution in [1.82, 2.24) is 5.43 Å². The van der Waals surface area contributed by atoms with Crippen LogP contribution in [0, 0.1) is 20.2 Å². The van der Waals surface area contributed by atoms with Crippen molar-refractivity contribution < 1.29 is 24.5 Å². The largest absolute Gasteiger partial charge is 0.502 e. The Morgan fingerprint density at radius 1 is 1.14 bits per heavy atom. The van der Waals surface area contributed by atoms with Gasteiger partial charge in [-0.2, -0.15) is 5.10 Å². The molecular weight excluding hydrogens is 588 g/mol. The predicted molar refractivity (Wildman–Crippen MR) is 112 cm³/mol. The molecule has 0 aliphatic carbocycles. The first-order chi connectivity index (χ1) is 13.6. The molecule has 14 heteroatoms. The zero-order valence-electron chi connectivity index (χ0n) is 14.0. The number of nitro benzene ring substituents is 2. The number of ether oxygens (including phenoxy) is 1. The Labute approximate surface area is 187 Å². The molecule has 0 fully saturated rings. The smallest absolute Gasteiger partial charge is 0.318 e. The number of phenolic OH excluding ortho intramolecular Hbond substituents is 1. The molecule has 2 aromatic carbocycles. The summed E-state index contributed by atoms with van der Waals surface area (Å²) in [5, 5.41) is 35.2. The summed E-state index contributed by atoms with van der Waals surface area (Å²) in [6.07, 6.45) is 0.846. The van der Waals surface area contributed by atoms with E-state index in [2.05, 4.69) is 58.3 Å². The molecule has 11 nitrogen and oxygen atoms in total. The molecule has 2 aromatic rings. The summed E-state index contributed by atoms with van der Waals surface area (Å²) < 4.78 is 7.34. The molecule has 0 saturated heterocycles. The molecule has 0 bridgehead atoms. The topological polar surface area (TPSA) is 157 Å². The molecule has 0 unspecified atom stereocenters. The van der Waals surface area contributed by atoms with Crippen molar-refractivity contribution in [3.05, 3.63) is 63.5 Å². The van der Waals surface area contributed by atoms with Gasteiger partial charge < -0.3 is 9.84 Å². The van der Waals surface area contributed by atoms with Crippen molar-refractivity contribution in [2.24, 2.45) is 5.10 Å². The average Bonchev–Trinajstić information content (AvgIpc) is 2.61. The third-order valence-corrected chi connectivity index (χ3v) is 4.85. The van der Waals surface area contributed by atoms with Crippen LogP contribution in [-0.2, 0) is 4.79 Å². The number of hydrogen-bond acceptors (Lipinski definition) is 8. The number of hydrogen-bond donors (Lipinski definition) is 2. The molecule has 0 aliphatic heterocycles. The van der Waals surface area contributed by atoms with Gasteiger partial charge in [0.1, 0.15) is 5.75 Å². The SMILES string of the molecule is O=C(COc1c(Br)cc(Br)cc1Br)NN=Cc1cc([N+](=O)[O-])cc([N+](=O)[O-])c1O. The van der Waals surface area contributed by atoms with Crippen molar-refractivity contribution in [3.63, 3.8) is 0 Å². The Balaban J connectivity index is 2.09. The van der Waals surface area contributed by atoms with E-state index in [1.54, 1.807) is 12.1 Å². The number of amides is 1. The molecule has 0 atom stereocenters. The predicted octanol–water partition coefficient (Wildman–Crippen LogP) is 4.03. The number of non-ortho nitro benzene ring substituents is 1. The molecule has 1 amide bonds. The van der Waals surface area contributed by atoms with Gasteiger partial charge in [-0.3, -0.25) is 25.0 Å². The summed E-state index contributed by atoms with van der Waals surface area (Å²) in [5.74, 6) is -1.13. The first-order valence-corrected chi connectivity index (χ1v) is 9.73. The van der Waals surface area contributed by atoms with Crippen LogP contribution in [-0.4, -0.2) is 33.7 Å². The molecule has 2 rings (SSSR count). The summed E-state index contributed by atoms with van der Waals surface area (Å²) in [6, 6.07) is 4.93. The maximum atomic E-state index is 11.9. The molecule has 0 aromatic heterocycles. The minimum atomic E-state index is -0.972. The van der Waals surface area contributed by atoms with E-state index in [9.17, 15) is 30.1 Å². The van der Waals surface area contributed by atoms with Crippen molar-refractivity contribution in [1.29, 1.82) is 0 Å². The number of aromatic hydroxyl groups is 1. The van der Waals surface area contributed by atoms with Crippen LogP contribution in [0.1, 0.15) is 5.56 Å². The first-order valence-electron chi connectivity index (χ1n) is 7.35. The molecule has 0 spiro atoms. The van der Waals surface area contributed by atoms with Gasteiger partial charge in [-0.25, -0.2) is 5.43 Å². The van der Waals surface area contributed by atoms with Gasteiger partial charge in [-0.05, 0) is 44.0 Å². The Kier molecular flexibility index (Phi) is 7.64. The number of nitro groups is 2. The molecule has 0 saturated carbocycles. The maximum absolute atomic E-state index is 11.9. The third-order valence-electron chi connectivity index (χ3n) is 3.22. The second kappa shape index (κ2) is 9.76. The van der Waals surface area contributed by atoms with Gasteiger partial charge in [0.15, 0.2) is 6.61 Å². The van der Waals surface area contributed by atoms with Crippen LogP contribution < -0.4 is 10.2 Å². The van der Waals surface area contributed by atoms with E-state index in [4.69, 9.17) is 4.74 Å². The van der Waals surface area contributed by atoms with E-state index >= 15 is 0 Å². The van der Waals surface area contributed by atoms with E-state index in [0.717, 1.165) is 16.8 Å². The molecular formula is C15H9Br3N4O7. The Morgan fingerprint density at radius 2 is 1.76 bits per heavy atom. The van der Waals surface area contributed by atoms with Gasteiger partial charge >= 0.3 is 5.69 Å². The number of benzene rings is 2. The highest BCUT2D eigenvalue weighted by atomic mass is 79.9. The lowest BCUT2D eigenvalue weighted by atomic mass is 10.1. The fourth-order valence-corrected chi connectivity index (χ4v) is 4.47. The van der Waals surface area contributed by atoms with Gasteiger partial charge in [0, 0.05) is 10.5 Å². The number of carbonyl (C=O) groups excluding carboxylic acids is 1. The second-order valence-corrected chi connectivity index (χ2v) is 7.82. The number of carbonyl (C=O) groups is 1. The molecule has 29 heavy (non-hydrogen) atoms. The minimum absolute atomic E-state index is 0.314. The fraction of sp³-hybridized carbons (Fsp3) is 0.0667. The van der Waals surface area contributed by atoms with E-state index in [-0.39, 0.29) is 5.56 Å². The standard InChI is InChI=1S/C15H9Br3N4O7/c16-8-2-10(17)15(11(18)3-8)29-6-13(23)20-19-5-7-1-9(21(25)26)4-12(14(7)24)22(27)28/h1-5,24H,6H2,(H,20,23). The third kappa shape index (κ3) is 5.95. The van der Waals surface area contributed by atoms with Crippen LogP contribution in [0.25, 0.3) is 0 Å². The zero-order valence-corrected chi connectivity index (χ0v) is 18.7. The summed E-state index contributed by atoms with van der Waals surface area (Å²) in [6.45, 7) is -0.419. The summed E-state index contributed by atoms with van der Waals surface area (Å²) >= 11 is 9.88. The fourth-order valence-electron chi connectivity index (χ4n) is 1.98. The molecule has 2 N–H and O–H groups in total. The number of hydrazone groups is 1. The normalized spacial score (nSPS) is 10.7. The highest BCUT2D eigenvalue weighted by Gasteiger charge is 2.23. The Morgan fingerprint density at radius 3 is 2.31 bits per heavy atom. The van der Waals surface area contributed by atoms with Crippen molar-refractivity contribution in [2.45, 2.75) is 0 Å². The summed E-state index contributed by atoms with van der Waals surface area (Å²) in [5.41, 5.74) is 0.301. The highest BCUT2D eigenvalue weighted by molar-refractivity contribution is 9.11. The average molecular weight is 597 g/mol. The highest BCUT2D eigenvalue weighted by Crippen LogP contribution is 2.36. The zero-order chi connectivity index (χ0) is 21.7. The lowest BCUT2D eigenvalue weighted by Gasteiger charge is -2.09. The van der Waals surface area contributed by atoms with Crippen LogP contribution >= 0.6 is 47.8 Å². The van der Waals surface area contributed by atoms with Gasteiger partial charge in [-0.1, -0.05) is 15.9 Å². The summed E-state index contributed by atoms with van der Waals surface area (Å²) in [4.78, 5) is 31.8. The molecule has 0 heterocycles. The van der Waals surface area contributed by atoms with Gasteiger partial charge in [0.25, 0.3) is 11.6 Å². The number of nitrogens with zero attached hydrogens (tertiary/aromatic N) is 3. The molecule has 152 valence electrons. The maximum Gasteiger partial charge on any atom is 0.318 e. The monoisotopic (exact) mass is 594 g/mol. The van der Waals surface area contributed by atoms with Crippen molar-refractivity contribution >= 4 is 71.3 Å². The number of phenols is 1. The van der Waals surface area contributed by atoms with E-state index in [0.29, 0.717) is 20.8 Å². The Bertz CT molecular complexity index is 1010. The lowest BCUT2D eigenvalue weighted by Crippen LogP contribution is -2.24. The van der Waals surface area contributed by atoms with E-state index in [1.165, 1.54) is 0 Å². The van der Waals surface area contributed by atoms with Crippen LogP contribution in [0.5, 0.6) is 11.5 Å². The van der Waals surface area contributed by atoms with Crippen LogP contribution in [0.15, 0.2) is 42.8 Å². The quantitative estimate of drug-likeness (QED) is 0.277. The van der Waals surface area contributed by atoms with Gasteiger partial charge in [0.2, 0.25) is 5.75 Å². The van der Waals surface area contributed by atoms with Crippen molar-refractivity contribution in [2.75, 3.05) is 6.61 Å². The number of nitrogens with one attached hydrogen (secondary N) is 1. The van der Waals surface area contributed by atoms with Crippen LogP contribution in [0.3, 0.4) is 0 Å². The first kappa shape index (κ1) is 22.7. The van der Waals surface area contributed by atoms with Crippen LogP contribution in [0.2, 0.25) is 0 Å². The Hall–Kier alpha value is -2.58. The minimum Gasteiger partial charge on any atom is -0.502 e. The van der Waals surface area contributed by atoms with Crippen molar-refractivity contribution in [3.8, 4) is 11.5 Å². The number of rotatable bonds is 7. The lowest BCUT2D eigenvalue weighted by molar-refractivity contribution is -0.394. The second-order valence-electron chi connectivity index (χ2n) is 5.20. The molecule has 0 aliphatic rings. The van der Waals surface area contributed by atoms with E-state index < -0.39 is 39.5 Å². The van der Waals surface area contributed by atoms with E-state index in [1.807, 2.05) is 0 Å². The van der Waals surface area contributed by atoms with Gasteiger partial charge in [0.05, 0.1) is 36.6 Å². The molecule has 0 radical (unpaired) electrons. The summed E-state index contributed by atoms with van der Waals surface area (Å²) in [7, 11) is 0.